The van der Waals surface area contributed by atoms with Crippen molar-refractivity contribution in [1.82, 2.24) is 4.90 Å². The molecule has 0 aliphatic carbocycles. The monoisotopic (exact) mass is 622 g/mol. The molecule has 7 heteroatoms. The molecule has 0 radical (unpaired) electrons. The van der Waals surface area contributed by atoms with Gasteiger partial charge in [-0.3, -0.25) is 0 Å². The van der Waals surface area contributed by atoms with Crippen LogP contribution in [0.3, 0.4) is 0 Å². The van der Waals surface area contributed by atoms with E-state index in [4.69, 9.17) is 5.73 Å². The number of unbranched alkanes of at least 4 members (excludes halogenated alkanes) is 3. The second kappa shape index (κ2) is 16.6. The van der Waals surface area contributed by atoms with Crippen LogP contribution < -0.4 is 11.1 Å². The second-order valence-corrected chi connectivity index (χ2v) is 15.2. The minimum atomic E-state index is -2.71. The number of anilines is 1. The Morgan fingerprint density at radius 3 is 2.57 bits per heavy atom. The number of alkyl halides is 2. The van der Waals surface area contributed by atoms with Crippen LogP contribution in [0, 0.1) is 0 Å². The van der Waals surface area contributed by atoms with Crippen LogP contribution in [0.1, 0.15) is 69.3 Å². The molecule has 0 aromatic heterocycles. The van der Waals surface area contributed by atoms with E-state index in [9.17, 15) is 4.79 Å². The molecule has 2 aromatic carbocycles. The van der Waals surface area contributed by atoms with Crippen LogP contribution in [0.2, 0.25) is 0 Å². The van der Waals surface area contributed by atoms with E-state index < -0.39 is 23.8 Å². The number of aliphatic imine (C=N–C) groups is 1. The Hall–Kier alpha value is -2.26. The standard InChI is InChI=1S/C30H44FIN4O/c1-5-7-8-13-19-34-24-35-29-26(23-37)21-25(27-14-9-10-15-28(27)29)22-36(6-2)20-17-32(31)30(3,4)16-11-12-18-33/h9-12,14-16,18,21,23-24H,5-8,13,17,19-20,22,33H2,1-4H3,(H,34,35)/b16-11-,18-12-. The molecule has 0 amide bonds. The number of halogens is 2. The summed E-state index contributed by atoms with van der Waals surface area (Å²) in [6.45, 7) is 11.2. The van der Waals surface area contributed by atoms with Gasteiger partial charge in [-0.05, 0) is 6.42 Å². The third-order valence-electron chi connectivity index (χ3n) is 6.38. The quantitative estimate of drug-likeness (QED) is 0.0361. The molecule has 0 fully saturated rings. The zero-order chi connectivity index (χ0) is 27.1. The van der Waals surface area contributed by atoms with Crippen molar-refractivity contribution in [2.45, 2.75) is 63.3 Å². The normalized spacial score (nSPS) is 13.0. The molecule has 2 rings (SSSR count). The van der Waals surface area contributed by atoms with E-state index in [2.05, 4.69) is 35.1 Å². The predicted molar refractivity (Wildman–Crippen MR) is 168 cm³/mol. The van der Waals surface area contributed by atoms with E-state index in [1.165, 1.54) is 25.5 Å². The Kier molecular flexibility index (Phi) is 13.9. The van der Waals surface area contributed by atoms with Crippen LogP contribution in [0.25, 0.3) is 10.8 Å². The zero-order valence-corrected chi connectivity index (χ0v) is 25.0. The fraction of sp³-hybridized carbons (Fsp3) is 0.467. The maximum absolute atomic E-state index is 15.3. The molecule has 0 saturated heterocycles. The Bertz CT molecular complexity index is 1070. The summed E-state index contributed by atoms with van der Waals surface area (Å²) < 4.78 is 15.4. The van der Waals surface area contributed by atoms with Crippen molar-refractivity contribution in [1.29, 1.82) is 0 Å². The van der Waals surface area contributed by atoms with Crippen LogP contribution in [-0.4, -0.2) is 45.0 Å². The van der Waals surface area contributed by atoms with Gasteiger partial charge in [-0.15, -0.1) is 0 Å². The molecule has 0 aliphatic rings. The molecule has 204 valence electrons. The molecule has 0 heterocycles. The molecule has 0 atom stereocenters. The molecule has 5 nitrogen and oxygen atoms in total. The fourth-order valence-electron chi connectivity index (χ4n) is 4.11. The summed E-state index contributed by atoms with van der Waals surface area (Å²) in [5.74, 6) is 0. The number of allylic oxidation sites excluding steroid dienone is 3. The van der Waals surface area contributed by atoms with Crippen LogP contribution >= 0.6 is 20.4 Å². The van der Waals surface area contributed by atoms with Crippen LogP contribution in [0.5, 0.6) is 0 Å². The van der Waals surface area contributed by atoms with Crippen molar-refractivity contribution in [2.75, 3.05) is 29.4 Å². The minimum absolute atomic E-state index is 0.425. The Morgan fingerprint density at radius 2 is 1.89 bits per heavy atom. The summed E-state index contributed by atoms with van der Waals surface area (Å²) >= 11 is -2.71. The first-order chi connectivity index (χ1) is 17.9. The van der Waals surface area contributed by atoms with E-state index >= 15 is 2.86 Å². The molecular weight excluding hydrogens is 578 g/mol. The summed E-state index contributed by atoms with van der Waals surface area (Å²) in [7, 11) is 0. The van der Waals surface area contributed by atoms with Gasteiger partial charge >= 0.3 is 199 Å². The van der Waals surface area contributed by atoms with Gasteiger partial charge < -0.3 is 0 Å². The first kappa shape index (κ1) is 31.0. The molecule has 0 unspecified atom stereocenters. The number of nitrogens with two attached hydrogens (primary N) is 1. The molecule has 2 aromatic rings. The Balaban J connectivity index is 2.17. The summed E-state index contributed by atoms with van der Waals surface area (Å²) in [5, 5.41) is 5.36. The van der Waals surface area contributed by atoms with E-state index in [0.717, 1.165) is 47.8 Å². The van der Waals surface area contributed by atoms with Gasteiger partial charge in [0, 0.05) is 0 Å². The third kappa shape index (κ3) is 9.85. The van der Waals surface area contributed by atoms with E-state index in [1.54, 1.807) is 12.4 Å². The molecule has 0 aliphatic heterocycles. The third-order valence-corrected chi connectivity index (χ3v) is 11.2. The number of carbonyl (C=O) groups is 1. The van der Waals surface area contributed by atoms with Crippen LogP contribution in [0.4, 0.5) is 8.55 Å². The van der Waals surface area contributed by atoms with Gasteiger partial charge in [0.25, 0.3) is 0 Å². The molecule has 0 spiro atoms. The number of rotatable bonds is 17. The second-order valence-electron chi connectivity index (χ2n) is 9.58. The van der Waals surface area contributed by atoms with Gasteiger partial charge in [-0.2, -0.15) is 0 Å². The van der Waals surface area contributed by atoms with Crippen molar-refractivity contribution < 1.29 is 7.65 Å². The van der Waals surface area contributed by atoms with E-state index in [-0.39, 0.29) is 0 Å². The summed E-state index contributed by atoms with van der Waals surface area (Å²) in [6, 6.07) is 10.1. The van der Waals surface area contributed by atoms with E-state index in [0.29, 0.717) is 23.1 Å². The Morgan fingerprint density at radius 1 is 1.14 bits per heavy atom. The number of nitrogens with zero attached hydrogens (tertiary/aromatic N) is 2. The molecule has 37 heavy (non-hydrogen) atoms. The number of hydrogen-bond acceptors (Lipinski definition) is 4. The first-order valence-corrected chi connectivity index (χ1v) is 16.6. The number of aldehydes is 1. The summed E-state index contributed by atoms with van der Waals surface area (Å²) in [4.78, 5) is 18.8. The SMILES string of the molecule is CCCCCCN=CNc1c(C=O)cc(CN(CC)CCI(F)C(C)(C)/C=C\C=C/N)c2ccccc12. The number of benzene rings is 2. The van der Waals surface area contributed by atoms with Crippen LogP contribution in [-0.2, 0) is 6.54 Å². The van der Waals surface area contributed by atoms with Crippen molar-refractivity contribution in [3.63, 3.8) is 0 Å². The summed E-state index contributed by atoms with van der Waals surface area (Å²) in [6.07, 6.45) is 14.3. The maximum atomic E-state index is 15.3. The number of fused-ring (bicyclic) bond motifs is 1. The van der Waals surface area contributed by atoms with Crippen molar-refractivity contribution >= 4 is 49.5 Å². The molecular formula is C30H44FIN4O. The first-order valence-electron chi connectivity index (χ1n) is 13.2. The number of hydrogen-bond donors (Lipinski definition) is 2. The van der Waals surface area contributed by atoms with Gasteiger partial charge in [0.05, 0.1) is 0 Å². The van der Waals surface area contributed by atoms with Gasteiger partial charge in [0.1, 0.15) is 0 Å². The van der Waals surface area contributed by atoms with Crippen molar-refractivity contribution in [3.8, 4) is 0 Å². The number of nitrogens with one attached hydrogen (secondary N) is 1. The topological polar surface area (TPSA) is 70.7 Å². The van der Waals surface area contributed by atoms with Crippen molar-refractivity contribution in [2.24, 2.45) is 10.7 Å². The van der Waals surface area contributed by atoms with E-state index in [1.807, 2.05) is 50.3 Å². The zero-order valence-electron chi connectivity index (χ0n) is 22.9. The predicted octanol–water partition coefficient (Wildman–Crippen LogP) is 7.69. The van der Waals surface area contributed by atoms with Crippen LogP contribution in [0.15, 0.2) is 59.8 Å². The number of carbonyl (C=O) groups excluding carboxylic acids is 1. The van der Waals surface area contributed by atoms with Gasteiger partial charge in [-0.1, -0.05) is 26.2 Å². The van der Waals surface area contributed by atoms with Crippen molar-refractivity contribution in [3.05, 3.63) is 65.9 Å². The average molecular weight is 623 g/mol. The molecule has 0 saturated carbocycles. The van der Waals surface area contributed by atoms with Gasteiger partial charge in [0.15, 0.2) is 0 Å². The fourth-order valence-corrected chi connectivity index (χ4v) is 7.20. The average Bonchev–Trinajstić information content (AvgIpc) is 2.90. The summed E-state index contributed by atoms with van der Waals surface area (Å²) in [5.41, 5.74) is 7.86. The van der Waals surface area contributed by atoms with Gasteiger partial charge in [0.2, 0.25) is 0 Å². The van der Waals surface area contributed by atoms with Gasteiger partial charge in [-0.25, -0.2) is 0 Å². The molecule has 0 bridgehead atoms. The molecule has 3 N–H and O–H groups in total. The Labute approximate surface area is 230 Å².